The van der Waals surface area contributed by atoms with Gasteiger partial charge < -0.3 is 9.67 Å². The van der Waals surface area contributed by atoms with Gasteiger partial charge in [-0.25, -0.2) is 0 Å². The number of aromatic nitrogens is 1. The van der Waals surface area contributed by atoms with E-state index in [2.05, 4.69) is 26.8 Å². The topological polar surface area (TPSA) is 59.3 Å². The molecule has 0 radical (unpaired) electrons. The maximum absolute atomic E-state index is 12.5. The van der Waals surface area contributed by atoms with Gasteiger partial charge in [0, 0.05) is 24.5 Å². The van der Waals surface area contributed by atoms with Gasteiger partial charge in [0.05, 0.1) is 0 Å². The highest BCUT2D eigenvalue weighted by atomic mass is 16.4. The highest BCUT2D eigenvalue weighted by Crippen LogP contribution is 2.24. The van der Waals surface area contributed by atoms with Crippen LogP contribution in [-0.4, -0.2) is 15.6 Å². The van der Waals surface area contributed by atoms with Crippen molar-refractivity contribution in [3.05, 3.63) is 46.4 Å². The van der Waals surface area contributed by atoms with E-state index < -0.39 is 5.97 Å². The standard InChI is InChI=1S/C18H23NO3/c1-18(2,3)14-7-8-15-13(12-14)9-11-19(17(15)22)10-5-4-6-16(20)21/h7-9,11-12H,4-6,10H2,1-3H3,(H,20,21). The molecule has 1 aromatic heterocycles. The number of fused-ring (bicyclic) bond motifs is 1. The summed E-state index contributed by atoms with van der Waals surface area (Å²) in [5, 5.41) is 10.3. The fraction of sp³-hybridized carbons (Fsp3) is 0.444. The molecule has 0 saturated heterocycles. The van der Waals surface area contributed by atoms with Crippen LogP contribution in [0.3, 0.4) is 0 Å². The monoisotopic (exact) mass is 301 g/mol. The summed E-state index contributed by atoms with van der Waals surface area (Å²) < 4.78 is 1.67. The number of hydrogen-bond donors (Lipinski definition) is 1. The van der Waals surface area contributed by atoms with Crippen molar-refractivity contribution in [2.45, 2.75) is 52.0 Å². The van der Waals surface area contributed by atoms with Crippen LogP contribution < -0.4 is 5.56 Å². The van der Waals surface area contributed by atoms with Gasteiger partial charge in [-0.05, 0) is 41.3 Å². The van der Waals surface area contributed by atoms with E-state index in [4.69, 9.17) is 5.11 Å². The van der Waals surface area contributed by atoms with Gasteiger partial charge in [0.25, 0.3) is 5.56 Å². The average Bonchev–Trinajstić information content (AvgIpc) is 2.44. The summed E-state index contributed by atoms with van der Waals surface area (Å²) in [7, 11) is 0. The smallest absolute Gasteiger partial charge is 0.303 e. The minimum absolute atomic E-state index is 0.00622. The van der Waals surface area contributed by atoms with Crippen molar-refractivity contribution >= 4 is 16.7 Å². The van der Waals surface area contributed by atoms with Gasteiger partial charge in [0.1, 0.15) is 0 Å². The number of aryl methyl sites for hydroxylation is 1. The van der Waals surface area contributed by atoms with Crippen molar-refractivity contribution in [3.63, 3.8) is 0 Å². The molecular formula is C18H23NO3. The third kappa shape index (κ3) is 3.75. The SMILES string of the molecule is CC(C)(C)c1ccc2c(=O)n(CCCCC(=O)O)ccc2c1. The van der Waals surface area contributed by atoms with Crippen molar-refractivity contribution in [3.8, 4) is 0 Å². The number of hydrogen-bond acceptors (Lipinski definition) is 2. The molecule has 0 atom stereocenters. The molecule has 1 N–H and O–H groups in total. The molecule has 0 aliphatic carbocycles. The summed E-state index contributed by atoms with van der Waals surface area (Å²) in [6, 6.07) is 7.94. The van der Waals surface area contributed by atoms with Crippen molar-refractivity contribution in [2.75, 3.05) is 0 Å². The Bertz CT molecular complexity index is 738. The van der Waals surface area contributed by atoms with E-state index in [9.17, 15) is 9.59 Å². The molecule has 0 fully saturated rings. The third-order valence-corrected chi connectivity index (χ3v) is 3.88. The minimum Gasteiger partial charge on any atom is -0.481 e. The second-order valence-corrected chi connectivity index (χ2v) is 6.72. The molecule has 22 heavy (non-hydrogen) atoms. The van der Waals surface area contributed by atoms with E-state index in [1.54, 1.807) is 10.8 Å². The Hall–Kier alpha value is -2.10. The van der Waals surface area contributed by atoms with E-state index in [-0.39, 0.29) is 17.4 Å². The highest BCUT2D eigenvalue weighted by molar-refractivity contribution is 5.82. The Morgan fingerprint density at radius 3 is 2.55 bits per heavy atom. The van der Waals surface area contributed by atoms with Crippen LogP contribution in [0.5, 0.6) is 0 Å². The Balaban J connectivity index is 2.23. The van der Waals surface area contributed by atoms with Crippen LogP contribution in [0.4, 0.5) is 0 Å². The predicted molar refractivity (Wildman–Crippen MR) is 88.4 cm³/mol. The molecule has 2 rings (SSSR count). The molecular weight excluding hydrogens is 278 g/mol. The average molecular weight is 301 g/mol. The first-order valence-electron chi connectivity index (χ1n) is 7.64. The van der Waals surface area contributed by atoms with Crippen LogP contribution >= 0.6 is 0 Å². The first kappa shape index (κ1) is 16.3. The number of unbranched alkanes of at least 4 members (excludes halogenated alkanes) is 1. The molecule has 4 nitrogen and oxygen atoms in total. The number of benzene rings is 1. The summed E-state index contributed by atoms with van der Waals surface area (Å²) in [6.07, 6.45) is 3.23. The first-order chi connectivity index (χ1) is 10.3. The van der Waals surface area contributed by atoms with Crippen molar-refractivity contribution in [1.82, 2.24) is 4.57 Å². The number of carbonyl (C=O) groups is 1. The lowest BCUT2D eigenvalue weighted by Crippen LogP contribution is -2.20. The molecule has 118 valence electrons. The van der Waals surface area contributed by atoms with E-state index in [0.29, 0.717) is 24.8 Å². The summed E-state index contributed by atoms with van der Waals surface area (Å²) >= 11 is 0. The Labute approximate surface area is 130 Å². The van der Waals surface area contributed by atoms with Gasteiger partial charge in [0.15, 0.2) is 0 Å². The van der Waals surface area contributed by atoms with Crippen LogP contribution in [0.2, 0.25) is 0 Å². The van der Waals surface area contributed by atoms with E-state index in [0.717, 1.165) is 5.39 Å². The number of nitrogens with zero attached hydrogens (tertiary/aromatic N) is 1. The van der Waals surface area contributed by atoms with Gasteiger partial charge >= 0.3 is 5.97 Å². The molecule has 0 unspecified atom stereocenters. The van der Waals surface area contributed by atoms with Crippen molar-refractivity contribution in [2.24, 2.45) is 0 Å². The molecule has 0 spiro atoms. The quantitative estimate of drug-likeness (QED) is 0.859. The van der Waals surface area contributed by atoms with Crippen LogP contribution in [0.1, 0.15) is 45.6 Å². The van der Waals surface area contributed by atoms with Crippen molar-refractivity contribution in [1.29, 1.82) is 0 Å². The van der Waals surface area contributed by atoms with Gasteiger partial charge in [-0.2, -0.15) is 0 Å². The number of carboxylic acids is 1. The molecule has 1 heterocycles. The Morgan fingerprint density at radius 1 is 1.18 bits per heavy atom. The van der Waals surface area contributed by atoms with E-state index in [1.807, 2.05) is 18.2 Å². The number of aliphatic carboxylic acids is 1. The van der Waals surface area contributed by atoms with Gasteiger partial charge in [0.2, 0.25) is 0 Å². The summed E-state index contributed by atoms with van der Waals surface area (Å²) in [4.78, 5) is 23.0. The second kappa shape index (κ2) is 6.34. The van der Waals surface area contributed by atoms with Gasteiger partial charge in [-0.1, -0.05) is 32.9 Å². The van der Waals surface area contributed by atoms with E-state index >= 15 is 0 Å². The zero-order valence-corrected chi connectivity index (χ0v) is 13.4. The predicted octanol–water partition coefficient (Wildman–Crippen LogP) is 3.55. The van der Waals surface area contributed by atoms with Gasteiger partial charge in [-0.15, -0.1) is 0 Å². The largest absolute Gasteiger partial charge is 0.481 e. The summed E-state index contributed by atoms with van der Waals surface area (Å²) in [5.74, 6) is -0.791. The van der Waals surface area contributed by atoms with Crippen LogP contribution in [0.15, 0.2) is 35.3 Å². The second-order valence-electron chi connectivity index (χ2n) is 6.72. The molecule has 0 aliphatic rings. The summed E-state index contributed by atoms with van der Waals surface area (Å²) in [5.41, 5.74) is 1.26. The normalized spacial score (nSPS) is 11.8. The highest BCUT2D eigenvalue weighted by Gasteiger charge is 2.14. The maximum atomic E-state index is 12.5. The molecule has 1 aromatic carbocycles. The molecule has 2 aromatic rings. The fourth-order valence-electron chi connectivity index (χ4n) is 2.49. The lowest BCUT2D eigenvalue weighted by molar-refractivity contribution is -0.137. The minimum atomic E-state index is -0.791. The number of rotatable bonds is 5. The molecule has 0 bridgehead atoms. The van der Waals surface area contributed by atoms with Crippen LogP contribution in [0.25, 0.3) is 10.8 Å². The zero-order valence-electron chi connectivity index (χ0n) is 13.4. The molecule has 0 aliphatic heterocycles. The third-order valence-electron chi connectivity index (χ3n) is 3.88. The molecule has 4 heteroatoms. The lowest BCUT2D eigenvalue weighted by atomic mass is 9.86. The van der Waals surface area contributed by atoms with E-state index in [1.165, 1.54) is 5.56 Å². The molecule has 0 amide bonds. The lowest BCUT2D eigenvalue weighted by Gasteiger charge is -2.19. The Morgan fingerprint density at radius 2 is 1.91 bits per heavy atom. The molecule has 0 saturated carbocycles. The number of pyridine rings is 1. The number of carboxylic acid groups (broad SMARTS) is 1. The Kier molecular flexibility index (Phi) is 4.69. The first-order valence-corrected chi connectivity index (χ1v) is 7.64. The van der Waals surface area contributed by atoms with Crippen molar-refractivity contribution < 1.29 is 9.90 Å². The van der Waals surface area contributed by atoms with Gasteiger partial charge in [-0.3, -0.25) is 9.59 Å². The van der Waals surface area contributed by atoms with Crippen LogP contribution in [-0.2, 0) is 16.8 Å². The maximum Gasteiger partial charge on any atom is 0.303 e. The zero-order chi connectivity index (χ0) is 16.3. The van der Waals surface area contributed by atoms with Crippen LogP contribution in [0, 0.1) is 0 Å². The fourth-order valence-corrected chi connectivity index (χ4v) is 2.49. The summed E-state index contributed by atoms with van der Waals surface area (Å²) in [6.45, 7) is 7.01.